The average molecular weight is 489 g/mol. The van der Waals surface area contributed by atoms with Gasteiger partial charge < -0.3 is 9.40 Å². The number of fused-ring (bicyclic) bond motifs is 1. The van der Waals surface area contributed by atoms with Gasteiger partial charge >= 0.3 is 0 Å². The molecule has 8 nitrogen and oxygen atoms in total. The van der Waals surface area contributed by atoms with Crippen LogP contribution in [-0.4, -0.2) is 30.1 Å². The summed E-state index contributed by atoms with van der Waals surface area (Å²) >= 11 is 0. The van der Waals surface area contributed by atoms with E-state index >= 15 is 0 Å². The van der Waals surface area contributed by atoms with Gasteiger partial charge in [0.25, 0.3) is 5.56 Å². The van der Waals surface area contributed by atoms with Gasteiger partial charge in [0.1, 0.15) is 5.76 Å². The van der Waals surface area contributed by atoms with E-state index in [1.165, 1.54) is 24.8 Å². The highest BCUT2D eigenvalue weighted by Gasteiger charge is 2.30. The topological polar surface area (TPSA) is 92.8 Å². The molecular formula is C28H36N6O2. The Morgan fingerprint density at radius 3 is 2.75 bits per heavy atom. The van der Waals surface area contributed by atoms with E-state index in [0.29, 0.717) is 19.1 Å². The highest BCUT2D eigenvalue weighted by molar-refractivity contribution is 5.82. The normalized spacial score (nSPS) is 15.7. The highest BCUT2D eigenvalue weighted by atomic mass is 16.3. The van der Waals surface area contributed by atoms with Crippen LogP contribution in [0.3, 0.4) is 0 Å². The molecule has 1 N–H and O–H groups in total. The van der Waals surface area contributed by atoms with Crippen LogP contribution in [0.25, 0.3) is 10.9 Å². The van der Waals surface area contributed by atoms with Gasteiger partial charge in [-0.25, -0.2) is 4.68 Å². The minimum Gasteiger partial charge on any atom is -0.468 e. The van der Waals surface area contributed by atoms with Crippen molar-refractivity contribution in [2.75, 3.05) is 0 Å². The van der Waals surface area contributed by atoms with Crippen molar-refractivity contribution in [3.8, 4) is 0 Å². The van der Waals surface area contributed by atoms with Gasteiger partial charge in [0, 0.05) is 12.1 Å². The van der Waals surface area contributed by atoms with Crippen molar-refractivity contribution in [2.45, 2.75) is 90.9 Å². The van der Waals surface area contributed by atoms with Crippen LogP contribution in [-0.2, 0) is 13.1 Å². The molecule has 1 aromatic carbocycles. The molecule has 0 saturated heterocycles. The molecule has 3 aromatic heterocycles. The number of aromatic nitrogens is 5. The number of pyridine rings is 1. The molecule has 0 spiro atoms. The fourth-order valence-corrected chi connectivity index (χ4v) is 5.70. The van der Waals surface area contributed by atoms with Crippen molar-refractivity contribution in [1.82, 2.24) is 30.1 Å². The zero-order valence-corrected chi connectivity index (χ0v) is 21.5. The summed E-state index contributed by atoms with van der Waals surface area (Å²) in [6.45, 7) is 7.35. The van der Waals surface area contributed by atoms with Gasteiger partial charge in [-0.05, 0) is 78.8 Å². The molecule has 8 heteroatoms. The van der Waals surface area contributed by atoms with Crippen LogP contribution >= 0.6 is 0 Å². The van der Waals surface area contributed by atoms with Crippen molar-refractivity contribution in [3.05, 3.63) is 75.2 Å². The van der Waals surface area contributed by atoms with E-state index < -0.39 is 0 Å². The summed E-state index contributed by atoms with van der Waals surface area (Å²) in [6.07, 6.45) is 9.48. The van der Waals surface area contributed by atoms with Crippen LogP contribution in [0.5, 0.6) is 0 Å². The third kappa shape index (κ3) is 5.14. The van der Waals surface area contributed by atoms with Crippen LogP contribution in [0.1, 0.15) is 92.2 Å². The number of rotatable bonds is 9. The summed E-state index contributed by atoms with van der Waals surface area (Å²) in [5.41, 5.74) is 3.84. The maximum Gasteiger partial charge on any atom is 0.252 e. The number of nitrogens with one attached hydrogen (secondary N) is 1. The van der Waals surface area contributed by atoms with Gasteiger partial charge in [-0.15, -0.1) is 5.10 Å². The van der Waals surface area contributed by atoms with Crippen molar-refractivity contribution < 1.29 is 4.42 Å². The Bertz CT molecular complexity index is 1350. The zero-order chi connectivity index (χ0) is 25.1. The molecule has 1 aliphatic rings. The van der Waals surface area contributed by atoms with Crippen molar-refractivity contribution in [2.24, 2.45) is 0 Å². The summed E-state index contributed by atoms with van der Waals surface area (Å²) in [5.74, 6) is 1.75. The smallest absolute Gasteiger partial charge is 0.252 e. The number of hydrogen-bond acceptors (Lipinski definition) is 6. The fraction of sp³-hybridized carbons (Fsp3) is 0.500. The van der Waals surface area contributed by atoms with E-state index in [2.05, 4.69) is 56.1 Å². The summed E-state index contributed by atoms with van der Waals surface area (Å²) in [4.78, 5) is 18.7. The first-order chi connectivity index (χ1) is 17.5. The summed E-state index contributed by atoms with van der Waals surface area (Å²) < 4.78 is 7.80. The second-order valence-corrected chi connectivity index (χ2v) is 10.2. The molecule has 1 fully saturated rings. The molecular weight excluding hydrogens is 452 g/mol. The van der Waals surface area contributed by atoms with Crippen LogP contribution in [0, 0.1) is 13.8 Å². The number of tetrazole rings is 1. The SMILES string of the molecule is CCC[C@H](c1nnnn1C1CCCCC1)N(Cc1ccco1)Cc1cc2cc(C)cc(C)c2[nH]c1=O. The molecule has 1 atom stereocenters. The third-order valence-electron chi connectivity index (χ3n) is 7.42. The largest absolute Gasteiger partial charge is 0.468 e. The molecule has 0 amide bonds. The maximum absolute atomic E-state index is 13.2. The van der Waals surface area contributed by atoms with Crippen LogP contribution in [0.15, 0.2) is 45.8 Å². The van der Waals surface area contributed by atoms with Gasteiger partial charge in [0.05, 0.1) is 30.4 Å². The quantitative estimate of drug-likeness (QED) is 0.321. The first kappa shape index (κ1) is 24.4. The number of H-pyrrole nitrogens is 1. The van der Waals surface area contributed by atoms with Gasteiger partial charge in [0.15, 0.2) is 5.82 Å². The van der Waals surface area contributed by atoms with Gasteiger partial charge in [-0.1, -0.05) is 44.2 Å². The number of furan rings is 1. The Kier molecular flexibility index (Phi) is 7.32. The highest BCUT2D eigenvalue weighted by Crippen LogP contribution is 2.33. The lowest BCUT2D eigenvalue weighted by molar-refractivity contribution is 0.139. The second kappa shape index (κ2) is 10.8. The molecule has 0 radical (unpaired) electrons. The summed E-state index contributed by atoms with van der Waals surface area (Å²) in [5, 5.41) is 14.2. The average Bonchev–Trinajstić information content (AvgIpc) is 3.56. The summed E-state index contributed by atoms with van der Waals surface area (Å²) in [6, 6.07) is 10.5. The van der Waals surface area contributed by atoms with Gasteiger partial charge in [-0.2, -0.15) is 0 Å². The van der Waals surface area contributed by atoms with Crippen molar-refractivity contribution in [3.63, 3.8) is 0 Å². The number of hydrogen-bond donors (Lipinski definition) is 1. The molecule has 36 heavy (non-hydrogen) atoms. The lowest BCUT2D eigenvalue weighted by atomic mass is 9.95. The minimum atomic E-state index is -0.0546. The molecule has 0 bridgehead atoms. The Balaban J connectivity index is 1.54. The number of aromatic amines is 1. The third-order valence-corrected chi connectivity index (χ3v) is 7.42. The number of benzene rings is 1. The molecule has 5 rings (SSSR count). The lowest BCUT2D eigenvalue weighted by Crippen LogP contribution is -2.33. The first-order valence-electron chi connectivity index (χ1n) is 13.2. The first-order valence-corrected chi connectivity index (χ1v) is 13.2. The monoisotopic (exact) mass is 488 g/mol. The van der Waals surface area contributed by atoms with Crippen molar-refractivity contribution >= 4 is 10.9 Å². The van der Waals surface area contributed by atoms with Crippen LogP contribution < -0.4 is 5.56 Å². The van der Waals surface area contributed by atoms with E-state index in [-0.39, 0.29) is 11.6 Å². The number of nitrogens with zero attached hydrogens (tertiary/aromatic N) is 5. The molecule has 1 aliphatic carbocycles. The van der Waals surface area contributed by atoms with E-state index in [1.54, 1.807) is 6.26 Å². The Morgan fingerprint density at radius 2 is 2.00 bits per heavy atom. The lowest BCUT2D eigenvalue weighted by Gasteiger charge is -2.32. The van der Waals surface area contributed by atoms with E-state index in [1.807, 2.05) is 25.1 Å². The number of aryl methyl sites for hydroxylation is 2. The predicted molar refractivity (Wildman–Crippen MR) is 140 cm³/mol. The van der Waals surface area contributed by atoms with E-state index in [9.17, 15) is 4.79 Å². The standard InChI is InChI=1S/C28H36N6O2/c1-4-9-25(27-30-31-32-34(27)23-10-6-5-7-11-23)33(18-24-12-8-13-36-24)17-22-16-21-15-19(2)14-20(3)26(21)29-28(22)35/h8,12-16,23,25H,4-7,9-11,17-18H2,1-3H3,(H,29,35)/t25-/m1/s1. The van der Waals surface area contributed by atoms with Crippen LogP contribution in [0.4, 0.5) is 0 Å². The Morgan fingerprint density at radius 1 is 1.17 bits per heavy atom. The molecule has 1 saturated carbocycles. The predicted octanol–water partition coefficient (Wildman–Crippen LogP) is 5.77. The van der Waals surface area contributed by atoms with Gasteiger partial charge in [0.2, 0.25) is 0 Å². The molecule has 4 aromatic rings. The van der Waals surface area contributed by atoms with Crippen LogP contribution in [0.2, 0.25) is 0 Å². The molecule has 0 unspecified atom stereocenters. The fourth-order valence-electron chi connectivity index (χ4n) is 5.70. The van der Waals surface area contributed by atoms with Gasteiger partial charge in [-0.3, -0.25) is 9.69 Å². The Labute approximate surface area is 211 Å². The molecule has 0 aliphatic heterocycles. The second-order valence-electron chi connectivity index (χ2n) is 10.2. The van der Waals surface area contributed by atoms with Crippen molar-refractivity contribution in [1.29, 1.82) is 0 Å². The minimum absolute atomic E-state index is 0.0358. The summed E-state index contributed by atoms with van der Waals surface area (Å²) in [7, 11) is 0. The molecule has 3 heterocycles. The Hall–Kier alpha value is -3.26. The maximum atomic E-state index is 13.2. The van der Waals surface area contributed by atoms with E-state index in [4.69, 9.17) is 4.42 Å². The molecule has 190 valence electrons. The van der Waals surface area contributed by atoms with E-state index in [0.717, 1.165) is 59.3 Å². The zero-order valence-electron chi connectivity index (χ0n) is 21.5.